The summed E-state index contributed by atoms with van der Waals surface area (Å²) in [6.45, 7) is 0. The van der Waals surface area contributed by atoms with Crippen molar-refractivity contribution in [1.29, 1.82) is 0 Å². The average molecular weight is 362 g/mol. The smallest absolute Gasteiger partial charge is 0.187 e. The Bertz CT molecular complexity index is 698. The molecular weight excluding hydrogens is 346 g/mol. The number of methoxy groups -OCH3 is 2. The van der Waals surface area contributed by atoms with E-state index >= 15 is 0 Å². The van der Waals surface area contributed by atoms with Crippen molar-refractivity contribution in [3.8, 4) is 11.5 Å². The third kappa shape index (κ3) is 3.89. The minimum absolute atomic E-state index is 0.125. The van der Waals surface area contributed by atoms with Gasteiger partial charge in [-0.3, -0.25) is 4.79 Å². The molecule has 2 aromatic rings. The predicted octanol–water partition coefficient (Wildman–Crippen LogP) is 4.27. The van der Waals surface area contributed by atoms with Crippen LogP contribution >= 0.6 is 15.9 Å². The van der Waals surface area contributed by atoms with Gasteiger partial charge >= 0.3 is 0 Å². The quantitative estimate of drug-likeness (QED) is 0.616. The zero-order valence-electron chi connectivity index (χ0n) is 12.3. The van der Waals surface area contributed by atoms with E-state index < -0.39 is 0 Å². The zero-order chi connectivity index (χ0) is 15.9. The number of benzene rings is 2. The van der Waals surface area contributed by atoms with E-state index in [9.17, 15) is 4.79 Å². The summed E-state index contributed by atoms with van der Waals surface area (Å²) in [5, 5.41) is 3.06. The Morgan fingerprint density at radius 3 is 2.50 bits per heavy atom. The standard InChI is InChI=1S/C17H16BrNO3/c1-21-16-8-7-12(11-17(16)22-2)15(20)9-10-19-14-6-4-3-5-13(14)18/h3-11,19H,1-2H3. The summed E-state index contributed by atoms with van der Waals surface area (Å²) in [7, 11) is 3.09. The monoisotopic (exact) mass is 361 g/mol. The molecule has 0 radical (unpaired) electrons. The van der Waals surface area contributed by atoms with Gasteiger partial charge in [0.25, 0.3) is 0 Å². The van der Waals surface area contributed by atoms with Crippen molar-refractivity contribution in [3.63, 3.8) is 0 Å². The topological polar surface area (TPSA) is 47.6 Å². The lowest BCUT2D eigenvalue weighted by Crippen LogP contribution is -1.98. The van der Waals surface area contributed by atoms with E-state index in [4.69, 9.17) is 9.47 Å². The van der Waals surface area contributed by atoms with Crippen LogP contribution in [0.2, 0.25) is 0 Å². The number of halogens is 1. The summed E-state index contributed by atoms with van der Waals surface area (Å²) in [6.07, 6.45) is 3.08. The van der Waals surface area contributed by atoms with Crippen LogP contribution in [-0.2, 0) is 0 Å². The molecule has 1 N–H and O–H groups in total. The molecule has 0 unspecified atom stereocenters. The molecule has 0 aliphatic carbocycles. The van der Waals surface area contributed by atoms with Crippen LogP contribution in [0.15, 0.2) is 59.2 Å². The van der Waals surface area contributed by atoms with E-state index in [-0.39, 0.29) is 5.78 Å². The fraction of sp³-hybridized carbons (Fsp3) is 0.118. The second-order valence-corrected chi connectivity index (χ2v) is 5.25. The number of anilines is 1. The Kier molecular flexibility index (Phi) is 5.61. The normalized spacial score (nSPS) is 10.5. The van der Waals surface area contributed by atoms with Gasteiger partial charge < -0.3 is 14.8 Å². The van der Waals surface area contributed by atoms with Crippen molar-refractivity contribution in [1.82, 2.24) is 0 Å². The van der Waals surface area contributed by atoms with Gasteiger partial charge in [0.2, 0.25) is 0 Å². The van der Waals surface area contributed by atoms with Crippen LogP contribution in [-0.4, -0.2) is 20.0 Å². The van der Waals surface area contributed by atoms with Gasteiger partial charge in [0.05, 0.1) is 19.9 Å². The Morgan fingerprint density at radius 1 is 1.09 bits per heavy atom. The number of rotatable bonds is 6. The Balaban J connectivity index is 2.09. The molecule has 0 amide bonds. The first kappa shape index (κ1) is 16.1. The average Bonchev–Trinajstić information content (AvgIpc) is 2.55. The van der Waals surface area contributed by atoms with Gasteiger partial charge in [-0.15, -0.1) is 0 Å². The number of ketones is 1. The maximum atomic E-state index is 12.2. The van der Waals surface area contributed by atoms with Crippen LogP contribution in [0.4, 0.5) is 5.69 Å². The highest BCUT2D eigenvalue weighted by molar-refractivity contribution is 9.10. The lowest BCUT2D eigenvalue weighted by atomic mass is 10.1. The van der Waals surface area contributed by atoms with Gasteiger partial charge in [0.15, 0.2) is 17.3 Å². The summed E-state index contributed by atoms with van der Waals surface area (Å²) >= 11 is 3.43. The molecule has 0 atom stereocenters. The largest absolute Gasteiger partial charge is 0.493 e. The first-order chi connectivity index (χ1) is 10.7. The lowest BCUT2D eigenvalue weighted by molar-refractivity contribution is 0.104. The second kappa shape index (κ2) is 7.66. The van der Waals surface area contributed by atoms with Crippen molar-refractivity contribution in [2.24, 2.45) is 0 Å². The first-order valence-corrected chi connectivity index (χ1v) is 7.39. The highest BCUT2D eigenvalue weighted by atomic mass is 79.9. The SMILES string of the molecule is COc1ccc(C(=O)C=CNc2ccccc2Br)cc1OC. The van der Waals surface area contributed by atoms with Crippen molar-refractivity contribution >= 4 is 27.4 Å². The van der Waals surface area contributed by atoms with E-state index in [1.165, 1.54) is 13.2 Å². The first-order valence-electron chi connectivity index (χ1n) is 6.59. The van der Waals surface area contributed by atoms with Gasteiger partial charge in [0.1, 0.15) is 0 Å². The van der Waals surface area contributed by atoms with Crippen molar-refractivity contribution in [2.45, 2.75) is 0 Å². The number of carbonyl (C=O) groups excluding carboxylic acids is 1. The van der Waals surface area contributed by atoms with E-state index in [1.807, 2.05) is 24.3 Å². The molecule has 0 aliphatic heterocycles. The molecule has 0 aromatic heterocycles. The van der Waals surface area contributed by atoms with E-state index in [0.29, 0.717) is 17.1 Å². The minimum atomic E-state index is -0.125. The number of nitrogens with one attached hydrogen (secondary N) is 1. The van der Waals surface area contributed by atoms with Crippen LogP contribution in [0, 0.1) is 0 Å². The third-order valence-corrected chi connectivity index (χ3v) is 3.71. The van der Waals surface area contributed by atoms with Gasteiger partial charge in [-0.05, 0) is 46.3 Å². The molecule has 0 saturated carbocycles. The lowest BCUT2D eigenvalue weighted by Gasteiger charge is -2.08. The van der Waals surface area contributed by atoms with Crippen molar-refractivity contribution < 1.29 is 14.3 Å². The number of hydrogen-bond donors (Lipinski definition) is 1. The van der Waals surface area contributed by atoms with Crippen LogP contribution in [0.5, 0.6) is 11.5 Å². The molecular formula is C17H16BrNO3. The van der Waals surface area contributed by atoms with E-state index in [0.717, 1.165) is 10.2 Å². The van der Waals surface area contributed by atoms with Gasteiger partial charge in [-0.2, -0.15) is 0 Å². The fourth-order valence-electron chi connectivity index (χ4n) is 1.87. The van der Waals surface area contributed by atoms with Crippen LogP contribution in [0.3, 0.4) is 0 Å². The molecule has 2 rings (SSSR count). The number of allylic oxidation sites excluding steroid dienone is 1. The predicted molar refractivity (Wildman–Crippen MR) is 90.8 cm³/mol. The van der Waals surface area contributed by atoms with Crippen LogP contribution in [0.1, 0.15) is 10.4 Å². The fourth-order valence-corrected chi connectivity index (χ4v) is 2.27. The second-order valence-electron chi connectivity index (χ2n) is 4.39. The molecule has 0 saturated heterocycles. The van der Waals surface area contributed by atoms with Gasteiger partial charge in [-0.1, -0.05) is 12.1 Å². The summed E-state index contributed by atoms with van der Waals surface area (Å²) in [5.74, 6) is 0.996. The number of hydrogen-bond acceptors (Lipinski definition) is 4. The van der Waals surface area contributed by atoms with Crippen molar-refractivity contribution in [3.05, 3.63) is 64.8 Å². The summed E-state index contributed by atoms with van der Waals surface area (Å²) < 4.78 is 11.3. The van der Waals surface area contributed by atoms with Gasteiger partial charge in [0, 0.05) is 22.3 Å². The van der Waals surface area contributed by atoms with Crippen LogP contribution < -0.4 is 14.8 Å². The molecule has 22 heavy (non-hydrogen) atoms. The van der Waals surface area contributed by atoms with Crippen LogP contribution in [0.25, 0.3) is 0 Å². The summed E-state index contributed by atoms with van der Waals surface area (Å²) in [6, 6.07) is 12.7. The molecule has 0 bridgehead atoms. The molecule has 2 aromatic carbocycles. The maximum Gasteiger partial charge on any atom is 0.187 e. The van der Waals surface area contributed by atoms with Crippen molar-refractivity contribution in [2.75, 3.05) is 19.5 Å². The van der Waals surface area contributed by atoms with E-state index in [1.54, 1.807) is 31.5 Å². The summed E-state index contributed by atoms with van der Waals surface area (Å²) in [5.41, 5.74) is 1.42. The highest BCUT2D eigenvalue weighted by Gasteiger charge is 2.08. The molecule has 0 heterocycles. The third-order valence-electron chi connectivity index (χ3n) is 3.02. The Morgan fingerprint density at radius 2 is 1.82 bits per heavy atom. The Hall–Kier alpha value is -2.27. The molecule has 114 valence electrons. The number of para-hydroxylation sites is 1. The number of ether oxygens (including phenoxy) is 2. The van der Waals surface area contributed by atoms with E-state index in [2.05, 4.69) is 21.2 Å². The molecule has 4 nitrogen and oxygen atoms in total. The summed E-state index contributed by atoms with van der Waals surface area (Å²) in [4.78, 5) is 12.2. The molecule has 0 spiro atoms. The minimum Gasteiger partial charge on any atom is -0.493 e. The van der Waals surface area contributed by atoms with Gasteiger partial charge in [-0.25, -0.2) is 0 Å². The number of carbonyl (C=O) groups is 1. The molecule has 0 aliphatic rings. The Labute approximate surface area is 137 Å². The zero-order valence-corrected chi connectivity index (χ0v) is 13.9. The molecule has 5 heteroatoms. The highest BCUT2D eigenvalue weighted by Crippen LogP contribution is 2.27. The maximum absolute atomic E-state index is 12.2. The molecule has 0 fully saturated rings.